The first kappa shape index (κ1) is 13.8. The van der Waals surface area contributed by atoms with E-state index in [1.54, 1.807) is 13.2 Å². The molecule has 0 aromatic heterocycles. The van der Waals surface area contributed by atoms with Crippen molar-refractivity contribution in [2.24, 2.45) is 0 Å². The summed E-state index contributed by atoms with van der Waals surface area (Å²) in [4.78, 5) is 11.3. The fourth-order valence-electron chi connectivity index (χ4n) is 1.71. The predicted octanol–water partition coefficient (Wildman–Crippen LogP) is 3.19. The van der Waals surface area contributed by atoms with Crippen molar-refractivity contribution in [3.05, 3.63) is 28.3 Å². The number of hydrogen-bond acceptors (Lipinski definition) is 3. The number of hydrogen-bond donors (Lipinski definition) is 0. The van der Waals surface area contributed by atoms with E-state index >= 15 is 0 Å². The lowest BCUT2D eigenvalue weighted by Crippen LogP contribution is -2.07. The number of methoxy groups -OCH3 is 2. The third kappa shape index (κ3) is 3.37. The van der Waals surface area contributed by atoms with Gasteiger partial charge in [0, 0.05) is 10.6 Å². The van der Waals surface area contributed by atoms with Gasteiger partial charge in [0.15, 0.2) is 0 Å². The second kappa shape index (κ2) is 5.92. The highest BCUT2D eigenvalue weighted by molar-refractivity contribution is 6.30. The molecule has 94 valence electrons. The summed E-state index contributed by atoms with van der Waals surface area (Å²) in [5.41, 5.74) is 1.76. The monoisotopic (exact) mass is 256 g/mol. The van der Waals surface area contributed by atoms with Gasteiger partial charge in [-0.1, -0.05) is 25.4 Å². The Balaban J connectivity index is 3.23. The van der Waals surface area contributed by atoms with Gasteiger partial charge in [-0.05, 0) is 23.6 Å². The maximum absolute atomic E-state index is 11.3. The second-order valence-corrected chi connectivity index (χ2v) is 4.53. The van der Waals surface area contributed by atoms with Crippen LogP contribution in [0.5, 0.6) is 5.75 Å². The lowest BCUT2D eigenvalue weighted by Gasteiger charge is -2.16. The smallest absolute Gasteiger partial charge is 0.310 e. The summed E-state index contributed by atoms with van der Waals surface area (Å²) in [7, 11) is 2.96. The largest absolute Gasteiger partial charge is 0.496 e. The molecule has 0 saturated carbocycles. The minimum absolute atomic E-state index is 0.167. The van der Waals surface area contributed by atoms with Crippen molar-refractivity contribution < 1.29 is 14.3 Å². The summed E-state index contributed by atoms with van der Waals surface area (Å²) < 4.78 is 10.0. The molecule has 0 unspecified atom stereocenters. The van der Waals surface area contributed by atoms with Crippen molar-refractivity contribution in [2.75, 3.05) is 14.2 Å². The third-order valence-corrected chi connectivity index (χ3v) is 2.77. The molecule has 1 aromatic carbocycles. The SMILES string of the molecule is COC(=O)Cc1cc(Cl)cc(C(C)C)c1OC. The summed E-state index contributed by atoms with van der Waals surface area (Å²) >= 11 is 6.04. The van der Waals surface area contributed by atoms with Crippen LogP contribution in [0.15, 0.2) is 12.1 Å². The highest BCUT2D eigenvalue weighted by atomic mass is 35.5. The molecule has 1 aromatic rings. The average molecular weight is 257 g/mol. The summed E-state index contributed by atoms with van der Waals surface area (Å²) in [5, 5.41) is 0.605. The Hall–Kier alpha value is -1.22. The Labute approximate surface area is 107 Å². The van der Waals surface area contributed by atoms with Crippen LogP contribution in [0, 0.1) is 0 Å². The fraction of sp³-hybridized carbons (Fsp3) is 0.462. The van der Waals surface area contributed by atoms with E-state index in [1.807, 2.05) is 6.07 Å². The third-order valence-electron chi connectivity index (χ3n) is 2.55. The number of ether oxygens (including phenoxy) is 2. The number of rotatable bonds is 4. The Morgan fingerprint density at radius 3 is 2.47 bits per heavy atom. The minimum atomic E-state index is -0.305. The van der Waals surface area contributed by atoms with Crippen LogP contribution in [-0.4, -0.2) is 20.2 Å². The molecule has 0 aliphatic carbocycles. The summed E-state index contributed by atoms with van der Waals surface area (Å²) in [6, 6.07) is 3.61. The lowest BCUT2D eigenvalue weighted by molar-refractivity contribution is -0.139. The van der Waals surface area contributed by atoms with E-state index < -0.39 is 0 Å². The van der Waals surface area contributed by atoms with Gasteiger partial charge >= 0.3 is 5.97 Å². The Morgan fingerprint density at radius 2 is 2.00 bits per heavy atom. The molecular formula is C13H17ClO3. The van der Waals surface area contributed by atoms with E-state index in [0.29, 0.717) is 5.02 Å². The molecule has 0 spiro atoms. The first-order chi connectivity index (χ1) is 7.99. The highest BCUT2D eigenvalue weighted by Gasteiger charge is 2.16. The fourth-order valence-corrected chi connectivity index (χ4v) is 1.96. The van der Waals surface area contributed by atoms with Crippen molar-refractivity contribution in [3.63, 3.8) is 0 Å². The molecule has 0 aliphatic heterocycles. The normalized spacial score (nSPS) is 10.5. The molecule has 0 N–H and O–H groups in total. The molecular weight excluding hydrogens is 240 g/mol. The van der Waals surface area contributed by atoms with Crippen LogP contribution in [0.2, 0.25) is 5.02 Å². The molecule has 0 heterocycles. The van der Waals surface area contributed by atoms with E-state index in [2.05, 4.69) is 18.6 Å². The van der Waals surface area contributed by atoms with Crippen LogP contribution >= 0.6 is 11.6 Å². The lowest BCUT2D eigenvalue weighted by atomic mass is 9.97. The van der Waals surface area contributed by atoms with Gasteiger partial charge < -0.3 is 9.47 Å². The number of esters is 1. The number of carbonyl (C=O) groups is 1. The molecule has 0 amide bonds. The number of benzene rings is 1. The number of halogens is 1. The van der Waals surface area contributed by atoms with Gasteiger partial charge in [0.25, 0.3) is 0 Å². The molecule has 0 atom stereocenters. The van der Waals surface area contributed by atoms with Crippen molar-refractivity contribution in [2.45, 2.75) is 26.2 Å². The van der Waals surface area contributed by atoms with Crippen LogP contribution in [0.1, 0.15) is 30.9 Å². The van der Waals surface area contributed by atoms with Crippen molar-refractivity contribution >= 4 is 17.6 Å². The zero-order chi connectivity index (χ0) is 13.0. The molecule has 4 heteroatoms. The average Bonchev–Trinajstić information content (AvgIpc) is 2.28. The second-order valence-electron chi connectivity index (χ2n) is 4.09. The van der Waals surface area contributed by atoms with Crippen LogP contribution in [-0.2, 0) is 16.0 Å². The maximum Gasteiger partial charge on any atom is 0.310 e. The molecule has 0 aliphatic rings. The van der Waals surface area contributed by atoms with E-state index in [9.17, 15) is 4.79 Å². The summed E-state index contributed by atoms with van der Waals surface area (Å²) in [6.45, 7) is 4.10. The van der Waals surface area contributed by atoms with Gasteiger partial charge in [0.05, 0.1) is 20.6 Å². The molecule has 0 bridgehead atoms. The zero-order valence-corrected chi connectivity index (χ0v) is 11.3. The van der Waals surface area contributed by atoms with Gasteiger partial charge in [0.1, 0.15) is 5.75 Å². The Kier molecular flexibility index (Phi) is 4.82. The van der Waals surface area contributed by atoms with Crippen LogP contribution in [0.3, 0.4) is 0 Å². The van der Waals surface area contributed by atoms with Gasteiger partial charge in [0.2, 0.25) is 0 Å². The Bertz CT molecular complexity index is 413. The summed E-state index contributed by atoms with van der Waals surface area (Å²) in [5.74, 6) is 0.690. The van der Waals surface area contributed by atoms with Gasteiger partial charge in [-0.25, -0.2) is 0 Å². The topological polar surface area (TPSA) is 35.5 Å². The molecule has 0 fully saturated rings. The number of carbonyl (C=O) groups excluding carboxylic acids is 1. The molecule has 0 radical (unpaired) electrons. The van der Waals surface area contributed by atoms with Crippen molar-refractivity contribution in [1.82, 2.24) is 0 Å². The quantitative estimate of drug-likeness (QED) is 0.776. The highest BCUT2D eigenvalue weighted by Crippen LogP contribution is 2.33. The van der Waals surface area contributed by atoms with Crippen LogP contribution in [0.25, 0.3) is 0 Å². The molecule has 0 saturated heterocycles. The first-order valence-electron chi connectivity index (χ1n) is 5.42. The van der Waals surface area contributed by atoms with Gasteiger partial charge in [-0.3, -0.25) is 4.79 Å². The van der Waals surface area contributed by atoms with E-state index in [0.717, 1.165) is 16.9 Å². The van der Waals surface area contributed by atoms with E-state index in [1.165, 1.54) is 7.11 Å². The zero-order valence-electron chi connectivity index (χ0n) is 10.5. The molecule has 1 rings (SSSR count). The van der Waals surface area contributed by atoms with Gasteiger partial charge in [-0.2, -0.15) is 0 Å². The summed E-state index contributed by atoms with van der Waals surface area (Å²) in [6.07, 6.45) is 0.167. The van der Waals surface area contributed by atoms with Crippen LogP contribution < -0.4 is 4.74 Å². The Morgan fingerprint density at radius 1 is 1.35 bits per heavy atom. The van der Waals surface area contributed by atoms with Crippen LogP contribution in [0.4, 0.5) is 0 Å². The first-order valence-corrected chi connectivity index (χ1v) is 5.80. The maximum atomic E-state index is 11.3. The molecule has 17 heavy (non-hydrogen) atoms. The van der Waals surface area contributed by atoms with Crippen molar-refractivity contribution in [1.29, 1.82) is 0 Å². The standard InChI is InChI=1S/C13H17ClO3/c1-8(2)11-7-10(14)5-9(13(11)17-4)6-12(15)16-3/h5,7-8H,6H2,1-4H3. The minimum Gasteiger partial charge on any atom is -0.496 e. The predicted molar refractivity (Wildman–Crippen MR) is 67.8 cm³/mol. The van der Waals surface area contributed by atoms with E-state index in [4.69, 9.17) is 16.3 Å². The van der Waals surface area contributed by atoms with Crippen molar-refractivity contribution in [3.8, 4) is 5.75 Å². The van der Waals surface area contributed by atoms with E-state index in [-0.39, 0.29) is 18.3 Å². The van der Waals surface area contributed by atoms with Gasteiger partial charge in [-0.15, -0.1) is 0 Å². The molecule has 3 nitrogen and oxygen atoms in total.